The summed E-state index contributed by atoms with van der Waals surface area (Å²) in [4.78, 5) is 12.6. The maximum Gasteiger partial charge on any atom is 0.292 e. The molecule has 0 spiro atoms. The summed E-state index contributed by atoms with van der Waals surface area (Å²) in [6.07, 6.45) is 1.35. The quantitative estimate of drug-likeness (QED) is 0.428. The molecule has 2 heterocycles. The molecule has 27 heavy (non-hydrogen) atoms. The van der Waals surface area contributed by atoms with E-state index >= 15 is 0 Å². The highest BCUT2D eigenvalue weighted by atomic mass is 79.9. The number of hydrogen-bond donors (Lipinski definition) is 2. The minimum Gasteiger partial charge on any atom is -0.378 e. The van der Waals surface area contributed by atoms with Gasteiger partial charge in [-0.25, -0.2) is 14.4 Å². The fourth-order valence-electron chi connectivity index (χ4n) is 2.07. The first-order valence-electron chi connectivity index (χ1n) is 7.31. The first kappa shape index (κ1) is 18.6. The molecular formula is C14H12BrFN8O3. The van der Waals surface area contributed by atoms with Crippen molar-refractivity contribution in [2.24, 2.45) is 5.10 Å². The third-order valence-corrected chi connectivity index (χ3v) is 3.86. The van der Waals surface area contributed by atoms with Crippen LogP contribution in [0, 0.1) is 5.82 Å². The van der Waals surface area contributed by atoms with Gasteiger partial charge in [-0.3, -0.25) is 4.79 Å². The summed E-state index contributed by atoms with van der Waals surface area (Å²) >= 11 is 3.07. The first-order chi connectivity index (χ1) is 13.0. The number of nitrogens with two attached hydrogens (primary N) is 1. The number of amides is 1. The normalized spacial score (nSPS) is 11.2. The van der Waals surface area contributed by atoms with E-state index in [1.807, 2.05) is 0 Å². The Bertz CT molecular complexity index is 1000. The van der Waals surface area contributed by atoms with Gasteiger partial charge in [0.1, 0.15) is 11.5 Å². The van der Waals surface area contributed by atoms with E-state index in [2.05, 4.69) is 51.7 Å². The van der Waals surface area contributed by atoms with Crippen LogP contribution in [0.15, 0.2) is 32.4 Å². The van der Waals surface area contributed by atoms with Crippen molar-refractivity contribution in [3.8, 4) is 5.82 Å². The Kier molecular flexibility index (Phi) is 5.52. The van der Waals surface area contributed by atoms with Gasteiger partial charge >= 0.3 is 0 Å². The number of carbonyl (C=O) groups excluding carboxylic acids is 1. The molecule has 2 aromatic heterocycles. The van der Waals surface area contributed by atoms with Gasteiger partial charge in [0.2, 0.25) is 11.6 Å². The van der Waals surface area contributed by atoms with E-state index in [-0.39, 0.29) is 34.1 Å². The number of methoxy groups -OCH3 is 1. The summed E-state index contributed by atoms with van der Waals surface area (Å²) in [5.74, 6) is -1.12. The molecule has 0 radical (unpaired) electrons. The summed E-state index contributed by atoms with van der Waals surface area (Å²) in [6.45, 7) is 0.0164. The standard InChI is InChI=1S/C14H12BrFN8O3/c1-26-6-10-11(24(23-19-10)13-12(17)21-27-22-13)14(25)20-18-5-7-2-3-9(16)8(15)4-7/h2-5H,6H2,1H3,(H2,17,21)(H,20,25)/b18-5+. The van der Waals surface area contributed by atoms with E-state index < -0.39 is 11.7 Å². The molecule has 0 atom stereocenters. The lowest BCUT2D eigenvalue weighted by atomic mass is 10.2. The Labute approximate surface area is 159 Å². The average molecular weight is 439 g/mol. The van der Waals surface area contributed by atoms with Crippen LogP contribution in [0.3, 0.4) is 0 Å². The molecule has 0 aliphatic heterocycles. The highest BCUT2D eigenvalue weighted by molar-refractivity contribution is 9.10. The van der Waals surface area contributed by atoms with Gasteiger partial charge in [0.15, 0.2) is 5.69 Å². The first-order valence-corrected chi connectivity index (χ1v) is 8.11. The molecule has 3 N–H and O–H groups in total. The lowest BCUT2D eigenvalue weighted by Crippen LogP contribution is -2.23. The zero-order valence-electron chi connectivity index (χ0n) is 13.8. The van der Waals surface area contributed by atoms with Gasteiger partial charge in [-0.15, -0.1) is 5.10 Å². The van der Waals surface area contributed by atoms with Crippen molar-refractivity contribution in [1.29, 1.82) is 0 Å². The van der Waals surface area contributed by atoms with Crippen LogP contribution >= 0.6 is 15.9 Å². The Balaban J connectivity index is 1.85. The van der Waals surface area contributed by atoms with Gasteiger partial charge in [-0.05, 0) is 43.9 Å². The zero-order chi connectivity index (χ0) is 19.4. The number of nitrogen functional groups attached to an aromatic ring is 1. The largest absolute Gasteiger partial charge is 0.378 e. The molecule has 0 unspecified atom stereocenters. The van der Waals surface area contributed by atoms with Crippen LogP contribution in [0.1, 0.15) is 21.7 Å². The number of aromatic nitrogens is 5. The van der Waals surface area contributed by atoms with Gasteiger partial charge in [0.05, 0.1) is 17.3 Å². The number of halogens is 2. The lowest BCUT2D eigenvalue weighted by molar-refractivity contribution is 0.0942. The second-order valence-corrected chi connectivity index (χ2v) is 5.93. The van der Waals surface area contributed by atoms with Gasteiger partial charge < -0.3 is 10.5 Å². The van der Waals surface area contributed by atoms with Crippen molar-refractivity contribution in [2.75, 3.05) is 12.8 Å². The Morgan fingerprint density at radius 1 is 1.52 bits per heavy atom. The van der Waals surface area contributed by atoms with Crippen LogP contribution in [-0.2, 0) is 11.3 Å². The third-order valence-electron chi connectivity index (χ3n) is 3.26. The predicted octanol–water partition coefficient (Wildman–Crippen LogP) is 1.04. The van der Waals surface area contributed by atoms with E-state index in [0.717, 1.165) is 4.68 Å². The molecule has 0 saturated carbocycles. The van der Waals surface area contributed by atoms with Crippen LogP contribution < -0.4 is 11.2 Å². The number of carbonyl (C=O) groups is 1. The maximum atomic E-state index is 13.2. The molecule has 1 amide bonds. The smallest absolute Gasteiger partial charge is 0.292 e. The summed E-state index contributed by atoms with van der Waals surface area (Å²) in [5, 5.41) is 18.6. The Morgan fingerprint density at radius 3 is 3.00 bits per heavy atom. The van der Waals surface area contributed by atoms with Crippen molar-refractivity contribution in [3.05, 3.63) is 45.4 Å². The average Bonchev–Trinajstić information content (AvgIpc) is 3.24. The van der Waals surface area contributed by atoms with E-state index in [1.54, 1.807) is 0 Å². The third kappa shape index (κ3) is 3.98. The second kappa shape index (κ2) is 8.01. The summed E-state index contributed by atoms with van der Waals surface area (Å²) in [7, 11) is 1.44. The maximum absolute atomic E-state index is 13.2. The number of benzene rings is 1. The van der Waals surface area contributed by atoms with Crippen LogP contribution in [0.4, 0.5) is 10.2 Å². The molecule has 0 aliphatic carbocycles. The fraction of sp³-hybridized carbons (Fsp3) is 0.143. The molecule has 0 saturated heterocycles. The molecule has 0 aliphatic rings. The lowest BCUT2D eigenvalue weighted by Gasteiger charge is -2.04. The number of rotatable bonds is 6. The minimum atomic E-state index is -0.646. The molecule has 3 rings (SSSR count). The molecule has 0 fully saturated rings. The molecule has 140 valence electrons. The Morgan fingerprint density at radius 2 is 2.33 bits per heavy atom. The number of hydrazone groups is 1. The van der Waals surface area contributed by atoms with E-state index in [4.69, 9.17) is 10.5 Å². The van der Waals surface area contributed by atoms with Crippen molar-refractivity contribution < 1.29 is 18.6 Å². The topological polar surface area (TPSA) is 146 Å². The van der Waals surface area contributed by atoms with E-state index in [1.165, 1.54) is 31.5 Å². The van der Waals surface area contributed by atoms with Gasteiger partial charge in [0.25, 0.3) is 5.91 Å². The minimum absolute atomic E-state index is 0.00134. The highest BCUT2D eigenvalue weighted by Crippen LogP contribution is 2.17. The molecule has 1 aromatic carbocycles. The predicted molar refractivity (Wildman–Crippen MR) is 93.5 cm³/mol. The SMILES string of the molecule is COCc1nnn(-c2nonc2N)c1C(=O)N/N=C/c1ccc(F)c(Br)c1. The highest BCUT2D eigenvalue weighted by Gasteiger charge is 2.24. The van der Waals surface area contributed by atoms with Crippen LogP contribution in [0.5, 0.6) is 0 Å². The number of ether oxygens (including phenoxy) is 1. The van der Waals surface area contributed by atoms with Crippen LogP contribution in [0.2, 0.25) is 0 Å². The molecule has 0 bridgehead atoms. The van der Waals surface area contributed by atoms with E-state index in [0.29, 0.717) is 5.56 Å². The number of anilines is 1. The van der Waals surface area contributed by atoms with Crippen molar-refractivity contribution in [3.63, 3.8) is 0 Å². The van der Waals surface area contributed by atoms with Crippen molar-refractivity contribution in [1.82, 2.24) is 30.7 Å². The second-order valence-electron chi connectivity index (χ2n) is 5.08. The molecule has 13 heteroatoms. The summed E-state index contributed by atoms with van der Waals surface area (Å²) < 4.78 is 24.1. The van der Waals surface area contributed by atoms with Crippen LogP contribution in [-0.4, -0.2) is 44.5 Å². The van der Waals surface area contributed by atoms with E-state index in [9.17, 15) is 9.18 Å². The van der Waals surface area contributed by atoms with Crippen molar-refractivity contribution >= 4 is 33.9 Å². The summed E-state index contributed by atoms with van der Waals surface area (Å²) in [6, 6.07) is 4.28. The van der Waals surface area contributed by atoms with Gasteiger partial charge in [-0.1, -0.05) is 11.3 Å². The zero-order valence-corrected chi connectivity index (χ0v) is 15.3. The van der Waals surface area contributed by atoms with Gasteiger partial charge in [0, 0.05) is 7.11 Å². The summed E-state index contributed by atoms with van der Waals surface area (Å²) in [5.41, 5.74) is 8.77. The molecular weight excluding hydrogens is 427 g/mol. The monoisotopic (exact) mass is 438 g/mol. The number of hydrogen-bond acceptors (Lipinski definition) is 9. The number of nitrogens with zero attached hydrogens (tertiary/aromatic N) is 6. The van der Waals surface area contributed by atoms with Crippen LogP contribution in [0.25, 0.3) is 5.82 Å². The Hall–Kier alpha value is -3.19. The fourth-order valence-corrected chi connectivity index (χ4v) is 2.47. The number of nitrogens with one attached hydrogen (secondary N) is 1. The molecule has 3 aromatic rings. The van der Waals surface area contributed by atoms with Crippen molar-refractivity contribution in [2.45, 2.75) is 6.61 Å². The van der Waals surface area contributed by atoms with Gasteiger partial charge in [-0.2, -0.15) is 9.78 Å². The molecule has 11 nitrogen and oxygen atoms in total.